The summed E-state index contributed by atoms with van der Waals surface area (Å²) in [5.41, 5.74) is 14.8. The second kappa shape index (κ2) is 12.4. The van der Waals surface area contributed by atoms with Crippen LogP contribution < -0.4 is 20.9 Å². The molecule has 0 bridgehead atoms. The normalized spacial score (nSPS) is 10.2. The molecule has 0 radical (unpaired) electrons. The third-order valence-corrected chi connectivity index (χ3v) is 3.63. The fourth-order valence-electron chi connectivity index (χ4n) is 2.42. The van der Waals surface area contributed by atoms with Crippen molar-refractivity contribution in [2.75, 3.05) is 39.4 Å². The van der Waals surface area contributed by atoms with Gasteiger partial charge in [0, 0.05) is 25.1 Å². The maximum atomic E-state index is 10.1. The number of hydrogen-bond donors (Lipinski definition) is 2. The van der Waals surface area contributed by atoms with Gasteiger partial charge in [-0.2, -0.15) is 0 Å². The lowest BCUT2D eigenvalue weighted by Gasteiger charge is -2.07. The SMILES string of the molecule is COCCCc1cc(N)cc(N)c1.COc1ccc(/C=C/C=O)cc1OC. The first kappa shape index (κ1) is 22.1. The van der Waals surface area contributed by atoms with E-state index in [9.17, 15) is 4.79 Å². The molecule has 0 aromatic heterocycles. The molecule has 0 heterocycles. The van der Waals surface area contributed by atoms with Gasteiger partial charge < -0.3 is 25.7 Å². The lowest BCUT2D eigenvalue weighted by atomic mass is 10.1. The van der Waals surface area contributed by atoms with Crippen molar-refractivity contribution in [2.45, 2.75) is 12.8 Å². The zero-order valence-corrected chi connectivity index (χ0v) is 16.1. The Balaban J connectivity index is 0.000000271. The van der Waals surface area contributed by atoms with E-state index in [1.807, 2.05) is 18.2 Å². The van der Waals surface area contributed by atoms with Crippen LogP contribution in [0.4, 0.5) is 11.4 Å². The van der Waals surface area contributed by atoms with Crippen LogP contribution in [0.25, 0.3) is 6.08 Å². The molecule has 6 heteroatoms. The average molecular weight is 372 g/mol. The fourth-order valence-corrected chi connectivity index (χ4v) is 2.42. The number of hydrogen-bond acceptors (Lipinski definition) is 6. The Hall–Kier alpha value is -2.99. The molecule has 2 rings (SSSR count). The molecule has 0 atom stereocenters. The second-order valence-electron chi connectivity index (χ2n) is 5.71. The third kappa shape index (κ3) is 8.29. The summed E-state index contributed by atoms with van der Waals surface area (Å²) in [7, 11) is 4.86. The minimum Gasteiger partial charge on any atom is -0.493 e. The lowest BCUT2D eigenvalue weighted by molar-refractivity contribution is -0.104. The Morgan fingerprint density at radius 1 is 0.926 bits per heavy atom. The van der Waals surface area contributed by atoms with Gasteiger partial charge in [-0.1, -0.05) is 12.1 Å². The molecule has 0 saturated heterocycles. The Morgan fingerprint density at radius 2 is 1.59 bits per heavy atom. The molecule has 6 nitrogen and oxygen atoms in total. The monoisotopic (exact) mass is 372 g/mol. The van der Waals surface area contributed by atoms with Gasteiger partial charge in [0.1, 0.15) is 6.29 Å². The van der Waals surface area contributed by atoms with E-state index in [1.165, 1.54) is 11.6 Å². The molecular weight excluding hydrogens is 344 g/mol. The van der Waals surface area contributed by atoms with E-state index in [0.717, 1.165) is 42.7 Å². The molecule has 27 heavy (non-hydrogen) atoms. The van der Waals surface area contributed by atoms with Crippen LogP contribution in [0.2, 0.25) is 0 Å². The van der Waals surface area contributed by atoms with Crippen molar-refractivity contribution in [1.29, 1.82) is 0 Å². The minimum atomic E-state index is 0.653. The van der Waals surface area contributed by atoms with Crippen LogP contribution in [-0.4, -0.2) is 34.2 Å². The predicted molar refractivity (Wildman–Crippen MR) is 110 cm³/mol. The number of anilines is 2. The highest BCUT2D eigenvalue weighted by molar-refractivity contribution is 5.74. The van der Waals surface area contributed by atoms with E-state index < -0.39 is 0 Å². The Morgan fingerprint density at radius 3 is 2.15 bits per heavy atom. The first-order valence-corrected chi connectivity index (χ1v) is 8.51. The molecule has 0 fully saturated rings. The van der Waals surface area contributed by atoms with Gasteiger partial charge in [-0.15, -0.1) is 0 Å². The van der Waals surface area contributed by atoms with Crippen molar-refractivity contribution >= 4 is 23.7 Å². The minimum absolute atomic E-state index is 0.653. The Labute approximate surface area is 160 Å². The van der Waals surface area contributed by atoms with Crippen molar-refractivity contribution in [1.82, 2.24) is 0 Å². The number of methoxy groups -OCH3 is 3. The molecule has 2 aromatic carbocycles. The summed E-state index contributed by atoms with van der Waals surface area (Å²) in [5, 5.41) is 0. The maximum Gasteiger partial charge on any atom is 0.161 e. The summed E-state index contributed by atoms with van der Waals surface area (Å²) >= 11 is 0. The summed E-state index contributed by atoms with van der Waals surface area (Å²) in [6, 6.07) is 11.1. The highest BCUT2D eigenvalue weighted by atomic mass is 16.5. The number of carbonyl (C=O) groups is 1. The van der Waals surface area contributed by atoms with Crippen LogP contribution in [0.3, 0.4) is 0 Å². The number of nitrogens with two attached hydrogens (primary N) is 2. The highest BCUT2D eigenvalue weighted by Gasteiger charge is 2.02. The number of rotatable bonds is 8. The van der Waals surface area contributed by atoms with Crippen molar-refractivity contribution < 1.29 is 19.0 Å². The topological polar surface area (TPSA) is 96.8 Å². The summed E-state index contributed by atoms with van der Waals surface area (Å²) in [5.74, 6) is 1.33. The summed E-state index contributed by atoms with van der Waals surface area (Å²) in [6.07, 6.45) is 5.83. The predicted octanol–water partition coefficient (Wildman–Crippen LogP) is 3.35. The zero-order valence-electron chi connectivity index (χ0n) is 16.1. The summed E-state index contributed by atoms with van der Waals surface area (Å²) < 4.78 is 15.1. The van der Waals surface area contributed by atoms with Crippen LogP contribution in [0.15, 0.2) is 42.5 Å². The molecule has 0 amide bonds. The average Bonchev–Trinajstić information content (AvgIpc) is 2.66. The number of nitrogen functional groups attached to an aromatic ring is 2. The van der Waals surface area contributed by atoms with Gasteiger partial charge in [-0.25, -0.2) is 0 Å². The van der Waals surface area contributed by atoms with Gasteiger partial charge >= 0.3 is 0 Å². The fraction of sp³-hybridized carbons (Fsp3) is 0.286. The van der Waals surface area contributed by atoms with E-state index in [2.05, 4.69) is 0 Å². The number of ether oxygens (including phenoxy) is 3. The molecule has 0 saturated carbocycles. The largest absolute Gasteiger partial charge is 0.493 e. The van der Waals surface area contributed by atoms with Gasteiger partial charge in [0.15, 0.2) is 11.5 Å². The number of benzene rings is 2. The van der Waals surface area contributed by atoms with Crippen molar-refractivity contribution in [3.8, 4) is 11.5 Å². The smallest absolute Gasteiger partial charge is 0.161 e. The molecule has 4 N–H and O–H groups in total. The molecule has 0 aliphatic heterocycles. The molecule has 0 aliphatic carbocycles. The van der Waals surface area contributed by atoms with Crippen LogP contribution in [0.5, 0.6) is 11.5 Å². The van der Waals surface area contributed by atoms with Crippen molar-refractivity contribution in [3.05, 3.63) is 53.6 Å². The maximum absolute atomic E-state index is 10.1. The van der Waals surface area contributed by atoms with E-state index >= 15 is 0 Å². The number of allylic oxidation sites excluding steroid dienone is 1. The third-order valence-electron chi connectivity index (χ3n) is 3.63. The van der Waals surface area contributed by atoms with Gasteiger partial charge in [-0.05, 0) is 60.4 Å². The molecule has 2 aromatic rings. The molecule has 146 valence electrons. The van der Waals surface area contributed by atoms with Crippen LogP contribution in [-0.2, 0) is 16.0 Å². The van der Waals surface area contributed by atoms with Crippen molar-refractivity contribution in [2.24, 2.45) is 0 Å². The Bertz CT molecular complexity index is 725. The van der Waals surface area contributed by atoms with Gasteiger partial charge in [-0.3, -0.25) is 4.79 Å². The summed E-state index contributed by atoms with van der Waals surface area (Å²) in [6.45, 7) is 0.773. The Kier molecular flexibility index (Phi) is 10.1. The van der Waals surface area contributed by atoms with Crippen LogP contribution >= 0.6 is 0 Å². The molecule has 0 spiro atoms. The number of carbonyl (C=O) groups excluding carboxylic acids is 1. The van der Waals surface area contributed by atoms with Gasteiger partial charge in [0.05, 0.1) is 14.2 Å². The van der Waals surface area contributed by atoms with E-state index in [0.29, 0.717) is 11.5 Å². The van der Waals surface area contributed by atoms with E-state index in [1.54, 1.807) is 45.6 Å². The van der Waals surface area contributed by atoms with Crippen LogP contribution in [0.1, 0.15) is 17.5 Å². The van der Waals surface area contributed by atoms with Crippen molar-refractivity contribution in [3.63, 3.8) is 0 Å². The second-order valence-corrected chi connectivity index (χ2v) is 5.71. The molecule has 0 aliphatic rings. The zero-order chi connectivity index (χ0) is 20.1. The standard InChI is InChI=1S/C11H12O3.C10H16N2O/c1-13-10-6-5-9(4-3-7-12)8-11(10)14-2;1-13-4-2-3-8-5-9(11)7-10(12)6-8/h3-8H,1-2H3;5-7H,2-4,11-12H2,1H3/b4-3+;. The van der Waals surface area contributed by atoms with Crippen LogP contribution in [0, 0.1) is 0 Å². The van der Waals surface area contributed by atoms with E-state index in [-0.39, 0.29) is 0 Å². The van der Waals surface area contributed by atoms with Gasteiger partial charge in [0.25, 0.3) is 0 Å². The van der Waals surface area contributed by atoms with Gasteiger partial charge in [0.2, 0.25) is 0 Å². The first-order valence-electron chi connectivity index (χ1n) is 8.51. The highest BCUT2D eigenvalue weighted by Crippen LogP contribution is 2.27. The quantitative estimate of drug-likeness (QED) is 0.319. The number of aryl methyl sites for hydroxylation is 1. The lowest BCUT2D eigenvalue weighted by Crippen LogP contribution is -1.96. The molecular formula is C21H28N2O4. The first-order chi connectivity index (χ1) is 13.0. The van der Waals surface area contributed by atoms with E-state index in [4.69, 9.17) is 25.7 Å². The molecule has 0 unspecified atom stereocenters. The number of aldehydes is 1. The summed E-state index contributed by atoms with van der Waals surface area (Å²) in [4.78, 5) is 10.1.